The normalized spacial score (nSPS) is 52.6. The SMILES string of the molecule is CCO[C@@H]([C@H]1C[C@@H](C)[C@H]2[C@H](O1)[C@H](O)[C@@]1(C)[C@@H]3CC[C@H]4C(C)(C)[C@@H](OC(=O)[C@@H]5CCCN5C)CCC45C[C@@]35CC[C@]21C)C(C)(C)O. The van der Waals surface area contributed by atoms with Gasteiger partial charge in [-0.2, -0.15) is 0 Å². The summed E-state index contributed by atoms with van der Waals surface area (Å²) in [7, 11) is 2.05. The molecule has 7 rings (SSSR count). The third-order valence-corrected chi connectivity index (χ3v) is 16.2. The van der Waals surface area contributed by atoms with Crippen LogP contribution in [0.2, 0.25) is 0 Å². The van der Waals surface area contributed by atoms with Crippen molar-refractivity contribution in [2.75, 3.05) is 20.2 Å². The third-order valence-electron chi connectivity index (χ3n) is 16.2. The molecule has 1 unspecified atom stereocenters. The van der Waals surface area contributed by atoms with Gasteiger partial charge in [0.15, 0.2) is 0 Å². The summed E-state index contributed by atoms with van der Waals surface area (Å²) in [6.07, 6.45) is 9.41. The highest BCUT2D eigenvalue weighted by Gasteiger charge is 2.84. The summed E-state index contributed by atoms with van der Waals surface area (Å²) >= 11 is 0. The molecule has 7 fully saturated rings. The smallest absolute Gasteiger partial charge is 0.323 e. The molecule has 5 saturated carbocycles. The monoisotopic (exact) mass is 629 g/mol. The Morgan fingerprint density at radius 1 is 1.04 bits per heavy atom. The standard InChI is InChI=1S/C38H63NO6/c1-10-43-31(34(5,6)42)24-20-22(2)28-29(44-24)30(40)36(8)26-14-13-25-33(3,4)27(45-32(41)23-12-11-19-39(23)9)15-16-37(25)21-38(26,37)18-17-35(28,36)7/h22-31,40,42H,10-21H2,1-9H3/t22-,23+,24-,25+,26+,27+,28+,29+,30+,31+,35-,36-,37?,38+/m1/s1. The molecule has 45 heavy (non-hydrogen) atoms. The van der Waals surface area contributed by atoms with Gasteiger partial charge in [0.25, 0.3) is 0 Å². The molecule has 2 spiro atoms. The molecule has 2 saturated heterocycles. The number of hydrogen-bond donors (Lipinski definition) is 2. The summed E-state index contributed by atoms with van der Waals surface area (Å²) in [5.41, 5.74) is -0.749. The van der Waals surface area contributed by atoms with Crippen LogP contribution < -0.4 is 0 Å². The van der Waals surface area contributed by atoms with Gasteiger partial charge in [0.1, 0.15) is 18.2 Å². The number of fused-ring (bicyclic) bond motifs is 4. The highest BCUT2D eigenvalue weighted by molar-refractivity contribution is 5.76. The van der Waals surface area contributed by atoms with Crippen LogP contribution in [0.4, 0.5) is 0 Å². The molecule has 2 aliphatic heterocycles. The second-order valence-corrected chi connectivity index (χ2v) is 18.6. The number of carbonyl (C=O) groups excluding carboxylic acids is 1. The second-order valence-electron chi connectivity index (χ2n) is 18.6. The lowest BCUT2D eigenvalue weighted by Gasteiger charge is -2.63. The Bertz CT molecular complexity index is 1180. The van der Waals surface area contributed by atoms with E-state index < -0.39 is 17.8 Å². The fraction of sp³-hybridized carbons (Fsp3) is 0.974. The van der Waals surface area contributed by atoms with Crippen molar-refractivity contribution < 1.29 is 29.2 Å². The minimum absolute atomic E-state index is 0.000590. The van der Waals surface area contributed by atoms with Gasteiger partial charge >= 0.3 is 5.97 Å². The predicted molar refractivity (Wildman–Crippen MR) is 173 cm³/mol. The maximum Gasteiger partial charge on any atom is 0.323 e. The van der Waals surface area contributed by atoms with Crippen LogP contribution in [-0.4, -0.2) is 83.4 Å². The first-order valence-corrected chi connectivity index (χ1v) is 18.6. The van der Waals surface area contributed by atoms with Gasteiger partial charge in [0.05, 0.1) is 23.9 Å². The van der Waals surface area contributed by atoms with Gasteiger partial charge in [0.2, 0.25) is 0 Å². The fourth-order valence-corrected chi connectivity index (χ4v) is 14.1. The Balaban J connectivity index is 1.15. The molecule has 7 heteroatoms. The maximum atomic E-state index is 13.3. The molecule has 5 aliphatic carbocycles. The highest BCUT2D eigenvalue weighted by Crippen LogP contribution is 2.89. The van der Waals surface area contributed by atoms with Crippen LogP contribution in [0.1, 0.15) is 120 Å². The highest BCUT2D eigenvalue weighted by atomic mass is 16.6. The van der Waals surface area contributed by atoms with E-state index in [4.69, 9.17) is 14.2 Å². The van der Waals surface area contributed by atoms with Crippen molar-refractivity contribution in [2.45, 2.75) is 162 Å². The number of hydrogen-bond acceptors (Lipinski definition) is 7. The number of nitrogens with zero attached hydrogens (tertiary/aromatic N) is 1. The lowest BCUT2D eigenvalue weighted by atomic mass is 9.41. The number of ether oxygens (including phenoxy) is 3. The van der Waals surface area contributed by atoms with Gasteiger partial charge in [-0.25, -0.2) is 0 Å². The van der Waals surface area contributed by atoms with E-state index in [1.165, 1.54) is 12.8 Å². The van der Waals surface area contributed by atoms with Gasteiger partial charge in [-0.05, 0) is 138 Å². The molecule has 0 amide bonds. The number of likely N-dealkylation sites (N-methyl/N-ethyl adjacent to an activating group) is 1. The average molecular weight is 630 g/mol. The quantitative estimate of drug-likeness (QED) is 0.350. The molecular weight excluding hydrogens is 566 g/mol. The minimum Gasteiger partial charge on any atom is -0.461 e. The first-order valence-electron chi connectivity index (χ1n) is 18.6. The van der Waals surface area contributed by atoms with E-state index in [-0.39, 0.29) is 52.0 Å². The number of rotatable bonds is 6. The molecule has 7 nitrogen and oxygen atoms in total. The summed E-state index contributed by atoms with van der Waals surface area (Å²) in [6.45, 7) is 19.2. The Morgan fingerprint density at radius 2 is 1.73 bits per heavy atom. The molecule has 256 valence electrons. The van der Waals surface area contributed by atoms with Crippen molar-refractivity contribution in [1.29, 1.82) is 0 Å². The number of aliphatic hydroxyl groups excluding tert-OH is 1. The zero-order valence-electron chi connectivity index (χ0n) is 29.7. The Kier molecular flexibility index (Phi) is 7.57. The lowest BCUT2D eigenvalue weighted by molar-refractivity contribution is -0.215. The Hall–Kier alpha value is -0.730. The van der Waals surface area contributed by atoms with E-state index >= 15 is 0 Å². The van der Waals surface area contributed by atoms with Crippen molar-refractivity contribution in [2.24, 2.45) is 50.7 Å². The van der Waals surface area contributed by atoms with Crippen molar-refractivity contribution >= 4 is 5.97 Å². The minimum atomic E-state index is -1.02. The summed E-state index contributed by atoms with van der Waals surface area (Å²) < 4.78 is 19.5. The fourth-order valence-electron chi connectivity index (χ4n) is 14.1. The Morgan fingerprint density at radius 3 is 2.38 bits per heavy atom. The van der Waals surface area contributed by atoms with Crippen LogP contribution in [0.15, 0.2) is 0 Å². The maximum absolute atomic E-state index is 13.3. The van der Waals surface area contributed by atoms with Crippen LogP contribution in [0.3, 0.4) is 0 Å². The molecule has 0 aromatic carbocycles. The number of esters is 1. The van der Waals surface area contributed by atoms with Crippen molar-refractivity contribution in [3.63, 3.8) is 0 Å². The van der Waals surface area contributed by atoms with Crippen molar-refractivity contribution in [3.05, 3.63) is 0 Å². The first-order chi connectivity index (χ1) is 21.0. The molecule has 2 N–H and O–H groups in total. The molecule has 0 aromatic heterocycles. The molecular formula is C38H63NO6. The zero-order chi connectivity index (χ0) is 32.5. The van der Waals surface area contributed by atoms with E-state index in [9.17, 15) is 15.0 Å². The molecule has 0 radical (unpaired) electrons. The van der Waals surface area contributed by atoms with E-state index in [1.807, 2.05) is 20.8 Å². The Labute approximate surface area is 272 Å². The summed E-state index contributed by atoms with van der Waals surface area (Å²) in [5, 5.41) is 23.6. The van der Waals surface area contributed by atoms with Crippen LogP contribution in [0.5, 0.6) is 0 Å². The van der Waals surface area contributed by atoms with Crippen LogP contribution >= 0.6 is 0 Å². The molecule has 7 aliphatic rings. The average Bonchev–Trinajstić information content (AvgIpc) is 3.36. The topological polar surface area (TPSA) is 88.5 Å². The van der Waals surface area contributed by atoms with Gasteiger partial charge in [0, 0.05) is 17.4 Å². The van der Waals surface area contributed by atoms with Crippen molar-refractivity contribution in [1.82, 2.24) is 4.90 Å². The summed E-state index contributed by atoms with van der Waals surface area (Å²) in [6, 6.07) is -0.0838. The molecule has 14 atom stereocenters. The van der Waals surface area contributed by atoms with Crippen molar-refractivity contribution in [3.8, 4) is 0 Å². The van der Waals surface area contributed by atoms with Gasteiger partial charge in [-0.1, -0.05) is 34.6 Å². The van der Waals surface area contributed by atoms with Gasteiger partial charge in [-0.15, -0.1) is 0 Å². The molecule has 2 heterocycles. The van der Waals surface area contributed by atoms with Crippen LogP contribution in [-0.2, 0) is 19.0 Å². The summed E-state index contributed by atoms with van der Waals surface area (Å²) in [5.74, 6) is 1.67. The summed E-state index contributed by atoms with van der Waals surface area (Å²) in [4.78, 5) is 15.5. The van der Waals surface area contributed by atoms with E-state index in [0.29, 0.717) is 35.7 Å². The van der Waals surface area contributed by atoms with Gasteiger partial charge < -0.3 is 24.4 Å². The molecule has 0 aromatic rings. The predicted octanol–water partition coefficient (Wildman–Crippen LogP) is 5.98. The third kappa shape index (κ3) is 4.21. The second kappa shape index (κ2) is 10.4. The van der Waals surface area contributed by atoms with Crippen LogP contribution in [0.25, 0.3) is 0 Å². The zero-order valence-corrected chi connectivity index (χ0v) is 29.7. The lowest BCUT2D eigenvalue weighted by Crippen LogP contribution is -2.60. The number of carbonyl (C=O) groups is 1. The number of likely N-dealkylation sites (tertiary alicyclic amines) is 1. The molecule has 0 bridgehead atoms. The number of aliphatic hydroxyl groups is 2. The van der Waals surface area contributed by atoms with Gasteiger partial charge in [-0.3, -0.25) is 9.69 Å². The first kappa shape index (κ1) is 32.8. The van der Waals surface area contributed by atoms with Crippen LogP contribution in [0, 0.1) is 50.7 Å². The van der Waals surface area contributed by atoms with E-state index in [1.54, 1.807) is 0 Å². The largest absolute Gasteiger partial charge is 0.461 e. The van der Waals surface area contributed by atoms with E-state index in [0.717, 1.165) is 57.9 Å². The van der Waals surface area contributed by atoms with E-state index in [2.05, 4.69) is 46.6 Å².